The first kappa shape index (κ1) is 27.8. The summed E-state index contributed by atoms with van der Waals surface area (Å²) in [4.78, 5) is 50.1. The zero-order valence-corrected chi connectivity index (χ0v) is 22.2. The quantitative estimate of drug-likeness (QED) is 0.130. The molecule has 0 bridgehead atoms. The first-order chi connectivity index (χ1) is 19.1. The van der Waals surface area contributed by atoms with Crippen LogP contribution in [0, 0.1) is 24.0 Å². The first-order valence-corrected chi connectivity index (χ1v) is 12.3. The van der Waals surface area contributed by atoms with Crippen LogP contribution in [0.4, 0.5) is 16.2 Å². The van der Waals surface area contributed by atoms with Crippen LogP contribution >= 0.6 is 0 Å². The van der Waals surface area contributed by atoms with Crippen molar-refractivity contribution in [1.29, 1.82) is 0 Å². The van der Waals surface area contributed by atoms with Crippen LogP contribution in [0.15, 0.2) is 72.8 Å². The molecule has 1 aliphatic rings. The van der Waals surface area contributed by atoms with Crippen LogP contribution in [0.3, 0.4) is 0 Å². The molecule has 10 heteroatoms. The van der Waals surface area contributed by atoms with Crippen LogP contribution in [-0.2, 0) is 22.6 Å². The molecule has 4 rings (SSSR count). The number of allylic oxidation sites excluding steroid dienone is 1. The van der Waals surface area contributed by atoms with Gasteiger partial charge in [0, 0.05) is 17.7 Å². The lowest BCUT2D eigenvalue weighted by atomic mass is 10.0. The molecule has 1 N–H and O–H groups in total. The lowest BCUT2D eigenvalue weighted by molar-refractivity contribution is -0.384. The monoisotopic (exact) mass is 541 g/mol. The molecule has 3 aromatic carbocycles. The Kier molecular flexibility index (Phi) is 8.09. The number of nitro benzene ring substituents is 1. The normalized spacial score (nSPS) is 14.2. The molecule has 1 aliphatic heterocycles. The summed E-state index contributed by atoms with van der Waals surface area (Å²) in [6.45, 7) is 7.61. The molecule has 0 radical (unpaired) electrons. The van der Waals surface area contributed by atoms with Gasteiger partial charge in [0.15, 0.2) is 11.5 Å². The average molecular weight is 542 g/mol. The Hall–Kier alpha value is -5.25. The maximum atomic E-state index is 13.4. The number of nitro groups is 1. The molecule has 1 fully saturated rings. The van der Waals surface area contributed by atoms with E-state index >= 15 is 0 Å². The maximum absolute atomic E-state index is 13.4. The Morgan fingerprint density at radius 1 is 1.02 bits per heavy atom. The van der Waals surface area contributed by atoms with E-state index in [1.807, 2.05) is 19.9 Å². The highest BCUT2D eigenvalue weighted by Crippen LogP contribution is 2.35. The van der Waals surface area contributed by atoms with Gasteiger partial charge in [0.2, 0.25) is 0 Å². The van der Waals surface area contributed by atoms with Gasteiger partial charge in [0.25, 0.3) is 17.5 Å². The molecule has 0 aliphatic carbocycles. The number of nitrogens with zero attached hydrogens (tertiary/aromatic N) is 2. The number of non-ortho nitro benzene ring substituents is 1. The zero-order chi connectivity index (χ0) is 29.0. The minimum Gasteiger partial charge on any atom is -0.493 e. The van der Waals surface area contributed by atoms with Crippen molar-refractivity contribution in [3.05, 3.63) is 111 Å². The summed E-state index contributed by atoms with van der Waals surface area (Å²) in [5, 5.41) is 13.2. The van der Waals surface area contributed by atoms with E-state index in [1.165, 1.54) is 25.3 Å². The van der Waals surface area contributed by atoms with Crippen molar-refractivity contribution in [3.8, 4) is 11.5 Å². The minimum absolute atomic E-state index is 0.0230. The number of aryl methyl sites for hydroxylation is 2. The minimum atomic E-state index is -0.822. The topological polar surface area (TPSA) is 128 Å². The van der Waals surface area contributed by atoms with E-state index in [2.05, 4.69) is 11.9 Å². The summed E-state index contributed by atoms with van der Waals surface area (Å²) in [6.07, 6.45) is 3.45. The Morgan fingerprint density at radius 2 is 1.70 bits per heavy atom. The Morgan fingerprint density at radius 3 is 2.30 bits per heavy atom. The van der Waals surface area contributed by atoms with E-state index in [9.17, 15) is 24.5 Å². The number of carbonyl (C=O) groups excluding carboxylic acids is 3. The summed E-state index contributed by atoms with van der Waals surface area (Å²) in [6, 6.07) is 13.8. The molecule has 10 nitrogen and oxygen atoms in total. The molecule has 204 valence electrons. The molecule has 0 atom stereocenters. The predicted octanol–water partition coefficient (Wildman–Crippen LogP) is 5.19. The third-order valence-corrected chi connectivity index (χ3v) is 6.15. The summed E-state index contributed by atoms with van der Waals surface area (Å²) in [5.74, 6) is -0.784. The van der Waals surface area contributed by atoms with E-state index in [-0.39, 0.29) is 17.9 Å². The van der Waals surface area contributed by atoms with E-state index in [1.54, 1.807) is 42.5 Å². The number of hydrogen-bond acceptors (Lipinski definition) is 7. The number of nitrogens with one attached hydrogen (secondary N) is 1. The van der Waals surface area contributed by atoms with Gasteiger partial charge in [-0.05, 0) is 85.0 Å². The van der Waals surface area contributed by atoms with Crippen molar-refractivity contribution in [2.75, 3.05) is 12.0 Å². The molecule has 0 aromatic heterocycles. The summed E-state index contributed by atoms with van der Waals surface area (Å²) in [7, 11) is 1.46. The summed E-state index contributed by atoms with van der Waals surface area (Å²) >= 11 is 0. The molecule has 0 unspecified atom stereocenters. The van der Waals surface area contributed by atoms with Crippen molar-refractivity contribution >= 4 is 35.3 Å². The molecule has 0 saturated carbocycles. The van der Waals surface area contributed by atoms with Gasteiger partial charge in [-0.1, -0.05) is 12.1 Å². The van der Waals surface area contributed by atoms with Gasteiger partial charge in [-0.2, -0.15) is 0 Å². The van der Waals surface area contributed by atoms with Crippen LogP contribution < -0.4 is 19.7 Å². The van der Waals surface area contributed by atoms with Gasteiger partial charge in [-0.25, -0.2) is 9.69 Å². The molecular formula is C30H27N3O7. The van der Waals surface area contributed by atoms with Gasteiger partial charge in [-0.3, -0.25) is 25.0 Å². The highest BCUT2D eigenvalue weighted by molar-refractivity contribution is 6.39. The Balaban J connectivity index is 1.68. The second-order valence-electron chi connectivity index (χ2n) is 9.22. The fraction of sp³-hybridized carbons (Fsp3) is 0.167. The maximum Gasteiger partial charge on any atom is 0.335 e. The van der Waals surface area contributed by atoms with Crippen molar-refractivity contribution in [1.82, 2.24) is 5.32 Å². The van der Waals surface area contributed by atoms with Crippen molar-refractivity contribution < 1.29 is 28.8 Å². The third-order valence-electron chi connectivity index (χ3n) is 6.15. The van der Waals surface area contributed by atoms with Gasteiger partial charge in [-0.15, -0.1) is 6.58 Å². The van der Waals surface area contributed by atoms with E-state index in [0.717, 1.165) is 16.0 Å². The fourth-order valence-electron chi connectivity index (χ4n) is 4.40. The smallest absolute Gasteiger partial charge is 0.335 e. The number of amides is 4. The molecule has 40 heavy (non-hydrogen) atoms. The van der Waals surface area contributed by atoms with E-state index in [0.29, 0.717) is 40.3 Å². The molecule has 1 saturated heterocycles. The lowest BCUT2D eigenvalue weighted by Gasteiger charge is -2.27. The van der Waals surface area contributed by atoms with Crippen molar-refractivity contribution in [2.24, 2.45) is 0 Å². The highest BCUT2D eigenvalue weighted by atomic mass is 16.6. The molecular weight excluding hydrogens is 514 g/mol. The third kappa shape index (κ3) is 5.91. The lowest BCUT2D eigenvalue weighted by Crippen LogP contribution is -2.54. The Labute approximate surface area is 230 Å². The number of hydrogen-bond donors (Lipinski definition) is 1. The van der Waals surface area contributed by atoms with Gasteiger partial charge in [0.1, 0.15) is 12.2 Å². The summed E-state index contributed by atoms with van der Waals surface area (Å²) in [5.41, 5.74) is 3.71. The SMILES string of the molecule is C=CCc1cc(/C=C2\C(=O)NC(=O)N(c3cc(C)cc(C)c3)C2=O)cc(OC)c1OCc1ccc([N+](=O)[O-])cc1. The molecule has 3 aromatic rings. The fourth-order valence-corrected chi connectivity index (χ4v) is 4.40. The zero-order valence-electron chi connectivity index (χ0n) is 22.2. The summed E-state index contributed by atoms with van der Waals surface area (Å²) < 4.78 is 11.6. The van der Waals surface area contributed by atoms with Crippen molar-refractivity contribution in [2.45, 2.75) is 26.9 Å². The number of barbiturate groups is 1. The van der Waals surface area contributed by atoms with E-state index < -0.39 is 22.8 Å². The first-order valence-electron chi connectivity index (χ1n) is 12.3. The second kappa shape index (κ2) is 11.6. The molecule has 0 spiro atoms. The standard InChI is InChI=1S/C30H27N3O7/c1-5-6-22-14-21(16-26(39-4)27(22)40-17-20-7-9-23(10-8-20)33(37)38)15-25-28(34)31-30(36)32(29(25)35)24-12-18(2)11-19(3)13-24/h5,7-16H,1,6,17H2,2-4H3,(H,31,34,36)/b25-15+. The van der Waals surface area contributed by atoms with Crippen LogP contribution in [0.25, 0.3) is 6.08 Å². The number of rotatable bonds is 9. The van der Waals surface area contributed by atoms with Gasteiger partial charge in [0.05, 0.1) is 17.7 Å². The van der Waals surface area contributed by atoms with Crippen LogP contribution in [-0.4, -0.2) is 29.9 Å². The van der Waals surface area contributed by atoms with Gasteiger partial charge >= 0.3 is 6.03 Å². The van der Waals surface area contributed by atoms with Crippen LogP contribution in [0.5, 0.6) is 11.5 Å². The number of anilines is 1. The van der Waals surface area contributed by atoms with Crippen LogP contribution in [0.2, 0.25) is 0 Å². The highest BCUT2D eigenvalue weighted by Gasteiger charge is 2.37. The largest absolute Gasteiger partial charge is 0.493 e. The number of ether oxygens (including phenoxy) is 2. The number of urea groups is 1. The van der Waals surface area contributed by atoms with Gasteiger partial charge < -0.3 is 9.47 Å². The number of methoxy groups -OCH3 is 1. The molecule has 4 amide bonds. The second-order valence-corrected chi connectivity index (χ2v) is 9.22. The average Bonchev–Trinajstić information content (AvgIpc) is 2.90. The van der Waals surface area contributed by atoms with E-state index in [4.69, 9.17) is 9.47 Å². The molecule has 1 heterocycles. The Bertz CT molecular complexity index is 1540. The van der Waals surface area contributed by atoms with Crippen LogP contribution in [0.1, 0.15) is 27.8 Å². The predicted molar refractivity (Wildman–Crippen MR) is 149 cm³/mol. The van der Waals surface area contributed by atoms with Crippen molar-refractivity contribution in [3.63, 3.8) is 0 Å². The number of imide groups is 2. The number of carbonyl (C=O) groups is 3. The number of benzene rings is 3.